The number of unbranched alkanes of at least 4 members (excludes halogenated alkanes) is 5. The van der Waals surface area contributed by atoms with Crippen molar-refractivity contribution in [3.63, 3.8) is 0 Å². The summed E-state index contributed by atoms with van der Waals surface area (Å²) in [6.07, 6.45) is 15.9. The molecule has 0 saturated heterocycles. The van der Waals surface area contributed by atoms with Gasteiger partial charge < -0.3 is 0 Å². The first-order valence-electron chi connectivity index (χ1n) is 11.3. The molecule has 0 radical (unpaired) electrons. The van der Waals surface area contributed by atoms with E-state index >= 15 is 0 Å². The average Bonchev–Trinajstić information content (AvgIpc) is 2.78. The zero-order valence-electron chi connectivity index (χ0n) is 18.2. The van der Waals surface area contributed by atoms with Crippen LogP contribution in [0.2, 0.25) is 0 Å². The summed E-state index contributed by atoms with van der Waals surface area (Å²) in [4.78, 5) is 13.4. The van der Waals surface area contributed by atoms with Crippen LogP contribution < -0.4 is 0 Å². The van der Waals surface area contributed by atoms with E-state index in [2.05, 4.69) is 28.8 Å². The maximum Gasteiger partial charge on any atom is 0.160 e. The second-order valence-corrected chi connectivity index (χ2v) is 7.93. The molecule has 0 aliphatic heterocycles. The molecular formula is C26H32FN3. The van der Waals surface area contributed by atoms with Crippen molar-refractivity contribution in [1.29, 1.82) is 0 Å². The SMILES string of the molecule is CCCCCCc1cnc(-c2ccc(-c3ccc(CCCCC)cc3F)nc2)nc1. The van der Waals surface area contributed by atoms with E-state index in [0.29, 0.717) is 17.1 Å². The van der Waals surface area contributed by atoms with E-state index < -0.39 is 0 Å². The highest BCUT2D eigenvalue weighted by atomic mass is 19.1. The van der Waals surface area contributed by atoms with Gasteiger partial charge in [0.05, 0.1) is 5.69 Å². The number of rotatable bonds is 11. The third-order valence-corrected chi connectivity index (χ3v) is 5.42. The Bertz CT molecular complexity index is 905. The first-order chi connectivity index (χ1) is 14.7. The van der Waals surface area contributed by atoms with Crippen molar-refractivity contribution in [2.24, 2.45) is 0 Å². The molecule has 30 heavy (non-hydrogen) atoms. The monoisotopic (exact) mass is 405 g/mol. The molecular weight excluding hydrogens is 373 g/mol. The number of aromatic nitrogens is 3. The Morgan fingerprint density at radius 3 is 2.07 bits per heavy atom. The summed E-state index contributed by atoms with van der Waals surface area (Å²) < 4.78 is 14.6. The molecule has 3 aromatic rings. The first kappa shape index (κ1) is 22.1. The summed E-state index contributed by atoms with van der Waals surface area (Å²) >= 11 is 0. The van der Waals surface area contributed by atoms with Gasteiger partial charge in [0, 0.05) is 29.7 Å². The zero-order valence-corrected chi connectivity index (χ0v) is 18.2. The molecule has 0 saturated carbocycles. The standard InChI is InChI=1S/C26H32FN3/c1-3-5-7-9-11-21-17-29-26(30-18-21)22-13-15-25(28-19-22)23-14-12-20(16-24(23)27)10-8-6-4-2/h12-19H,3-11H2,1-2H3. The molecule has 1 aromatic carbocycles. The van der Waals surface area contributed by atoms with Crippen molar-refractivity contribution in [2.75, 3.05) is 0 Å². The predicted octanol–water partition coefficient (Wildman–Crippen LogP) is 7.20. The molecule has 0 atom stereocenters. The summed E-state index contributed by atoms with van der Waals surface area (Å²) in [6, 6.07) is 9.23. The van der Waals surface area contributed by atoms with Crippen LogP contribution in [0.15, 0.2) is 48.9 Å². The predicted molar refractivity (Wildman–Crippen MR) is 122 cm³/mol. The quantitative estimate of drug-likeness (QED) is 0.317. The fourth-order valence-corrected chi connectivity index (χ4v) is 3.58. The number of nitrogens with zero attached hydrogens (tertiary/aromatic N) is 3. The van der Waals surface area contributed by atoms with E-state index in [1.807, 2.05) is 36.7 Å². The molecule has 3 rings (SSSR count). The fourth-order valence-electron chi connectivity index (χ4n) is 3.58. The maximum atomic E-state index is 14.6. The summed E-state index contributed by atoms with van der Waals surface area (Å²) in [6.45, 7) is 4.39. The fraction of sp³-hybridized carbons (Fsp3) is 0.423. The number of aryl methyl sites for hydroxylation is 2. The van der Waals surface area contributed by atoms with E-state index in [-0.39, 0.29) is 5.82 Å². The van der Waals surface area contributed by atoms with Crippen molar-refractivity contribution in [2.45, 2.75) is 71.6 Å². The molecule has 0 fully saturated rings. The number of hydrogen-bond donors (Lipinski definition) is 0. The van der Waals surface area contributed by atoms with Crippen LogP contribution in [0, 0.1) is 5.82 Å². The minimum absolute atomic E-state index is 0.215. The van der Waals surface area contributed by atoms with Crippen molar-refractivity contribution < 1.29 is 4.39 Å². The Labute approximate surface area is 179 Å². The molecule has 3 nitrogen and oxygen atoms in total. The van der Waals surface area contributed by atoms with Gasteiger partial charge in [0.15, 0.2) is 5.82 Å². The molecule has 0 N–H and O–H groups in total. The molecule has 4 heteroatoms. The summed E-state index contributed by atoms with van der Waals surface area (Å²) in [5.74, 6) is 0.436. The second kappa shape index (κ2) is 11.5. The van der Waals surface area contributed by atoms with Gasteiger partial charge in [-0.05, 0) is 61.1 Å². The van der Waals surface area contributed by atoms with Gasteiger partial charge in [-0.15, -0.1) is 0 Å². The molecule has 0 aliphatic rings. The Hall–Kier alpha value is -2.62. The molecule has 0 amide bonds. The molecule has 2 aromatic heterocycles. The number of halogens is 1. The highest BCUT2D eigenvalue weighted by Crippen LogP contribution is 2.24. The van der Waals surface area contributed by atoms with Crippen molar-refractivity contribution in [3.05, 3.63) is 65.9 Å². The van der Waals surface area contributed by atoms with Crippen LogP contribution >= 0.6 is 0 Å². The van der Waals surface area contributed by atoms with Crippen molar-refractivity contribution in [3.8, 4) is 22.6 Å². The van der Waals surface area contributed by atoms with Gasteiger partial charge in [0.1, 0.15) is 5.82 Å². The van der Waals surface area contributed by atoms with Crippen LogP contribution in [0.25, 0.3) is 22.6 Å². The van der Waals surface area contributed by atoms with Crippen molar-refractivity contribution >= 4 is 0 Å². The Kier molecular flexibility index (Phi) is 8.49. The van der Waals surface area contributed by atoms with Gasteiger partial charge in [-0.1, -0.05) is 52.0 Å². The van der Waals surface area contributed by atoms with Gasteiger partial charge in [-0.3, -0.25) is 4.98 Å². The van der Waals surface area contributed by atoms with Crippen LogP contribution in [0.4, 0.5) is 4.39 Å². The maximum absolute atomic E-state index is 14.6. The largest absolute Gasteiger partial charge is 0.255 e. The lowest BCUT2D eigenvalue weighted by molar-refractivity contribution is 0.626. The van der Waals surface area contributed by atoms with E-state index in [1.54, 1.807) is 12.3 Å². The number of benzene rings is 1. The third kappa shape index (κ3) is 6.19. The van der Waals surface area contributed by atoms with Crippen LogP contribution in [-0.4, -0.2) is 15.0 Å². The lowest BCUT2D eigenvalue weighted by atomic mass is 10.0. The van der Waals surface area contributed by atoms with Crippen LogP contribution in [0.1, 0.15) is 69.9 Å². The Balaban J connectivity index is 1.64. The minimum atomic E-state index is -0.215. The molecule has 0 unspecified atom stereocenters. The van der Waals surface area contributed by atoms with Crippen LogP contribution in [0.3, 0.4) is 0 Å². The number of hydrogen-bond acceptors (Lipinski definition) is 3. The Morgan fingerprint density at radius 1 is 0.700 bits per heavy atom. The van der Waals surface area contributed by atoms with Crippen LogP contribution in [-0.2, 0) is 12.8 Å². The summed E-state index contributed by atoms with van der Waals surface area (Å²) in [5, 5.41) is 0. The molecule has 0 bridgehead atoms. The highest BCUT2D eigenvalue weighted by Gasteiger charge is 2.09. The van der Waals surface area contributed by atoms with Crippen molar-refractivity contribution in [1.82, 2.24) is 15.0 Å². The smallest absolute Gasteiger partial charge is 0.160 e. The molecule has 0 spiro atoms. The van der Waals surface area contributed by atoms with Gasteiger partial charge in [-0.2, -0.15) is 0 Å². The third-order valence-electron chi connectivity index (χ3n) is 5.42. The van der Waals surface area contributed by atoms with Gasteiger partial charge in [-0.25, -0.2) is 14.4 Å². The normalized spacial score (nSPS) is 11.0. The number of pyridine rings is 1. The molecule has 158 valence electrons. The highest BCUT2D eigenvalue weighted by molar-refractivity contribution is 5.64. The van der Waals surface area contributed by atoms with E-state index in [0.717, 1.165) is 30.4 Å². The minimum Gasteiger partial charge on any atom is -0.255 e. The van der Waals surface area contributed by atoms with Gasteiger partial charge in [0.25, 0.3) is 0 Å². The second-order valence-electron chi connectivity index (χ2n) is 7.93. The summed E-state index contributed by atoms with van der Waals surface area (Å²) in [5.41, 5.74) is 4.21. The van der Waals surface area contributed by atoms with Gasteiger partial charge >= 0.3 is 0 Å². The Morgan fingerprint density at radius 2 is 1.40 bits per heavy atom. The topological polar surface area (TPSA) is 38.7 Å². The summed E-state index contributed by atoms with van der Waals surface area (Å²) in [7, 11) is 0. The van der Waals surface area contributed by atoms with Gasteiger partial charge in [0.2, 0.25) is 0 Å². The van der Waals surface area contributed by atoms with E-state index in [1.165, 1.54) is 44.1 Å². The van der Waals surface area contributed by atoms with E-state index in [4.69, 9.17) is 0 Å². The lowest BCUT2D eigenvalue weighted by Crippen LogP contribution is -1.95. The molecule has 0 aliphatic carbocycles. The lowest BCUT2D eigenvalue weighted by Gasteiger charge is -2.07. The van der Waals surface area contributed by atoms with Crippen LogP contribution in [0.5, 0.6) is 0 Å². The van der Waals surface area contributed by atoms with E-state index in [9.17, 15) is 4.39 Å². The first-order valence-corrected chi connectivity index (χ1v) is 11.3. The molecule has 2 heterocycles. The zero-order chi connectivity index (χ0) is 21.2. The average molecular weight is 406 g/mol.